The van der Waals surface area contributed by atoms with Crippen molar-refractivity contribution >= 4 is 39.1 Å². The van der Waals surface area contributed by atoms with Gasteiger partial charge in [0.05, 0.1) is 11.2 Å². The van der Waals surface area contributed by atoms with Gasteiger partial charge in [-0.15, -0.1) is 11.3 Å². The van der Waals surface area contributed by atoms with E-state index >= 15 is 0 Å². The molecule has 24 heavy (non-hydrogen) atoms. The fraction of sp³-hybridized carbons (Fsp3) is 0.438. The minimum Gasteiger partial charge on any atom is -0.444 e. The number of nitrogens with zero attached hydrogens (tertiary/aromatic N) is 2. The molecule has 3 heterocycles. The first kappa shape index (κ1) is 17.2. The van der Waals surface area contributed by atoms with E-state index in [9.17, 15) is 9.59 Å². The highest BCUT2D eigenvalue weighted by molar-refractivity contribution is 9.10. The smallest absolute Gasteiger partial charge is 0.289 e. The van der Waals surface area contributed by atoms with E-state index in [2.05, 4.69) is 26.2 Å². The molecular formula is C16H18BrN3O3S. The van der Waals surface area contributed by atoms with E-state index < -0.39 is 0 Å². The van der Waals surface area contributed by atoms with Crippen LogP contribution in [0.1, 0.15) is 29.1 Å². The van der Waals surface area contributed by atoms with Crippen LogP contribution in [0.2, 0.25) is 0 Å². The Balaban J connectivity index is 1.42. The summed E-state index contributed by atoms with van der Waals surface area (Å²) < 4.78 is 5.84. The SMILES string of the molecule is O=C(NCCc1cscn1)C1CCN(C(=O)c2ccc(Br)o2)CC1. The van der Waals surface area contributed by atoms with Crippen LogP contribution in [0.15, 0.2) is 32.1 Å². The number of aromatic nitrogens is 1. The minimum atomic E-state index is -0.122. The third-order valence-electron chi connectivity index (χ3n) is 4.10. The van der Waals surface area contributed by atoms with Crippen molar-refractivity contribution in [1.82, 2.24) is 15.2 Å². The zero-order valence-corrected chi connectivity index (χ0v) is 15.4. The zero-order valence-electron chi connectivity index (χ0n) is 13.0. The maximum atomic E-state index is 12.3. The van der Waals surface area contributed by atoms with Gasteiger partial charge < -0.3 is 14.6 Å². The Morgan fingerprint density at radius 1 is 1.38 bits per heavy atom. The highest BCUT2D eigenvalue weighted by Crippen LogP contribution is 2.21. The summed E-state index contributed by atoms with van der Waals surface area (Å²) in [7, 11) is 0. The van der Waals surface area contributed by atoms with Crippen LogP contribution < -0.4 is 5.32 Å². The summed E-state index contributed by atoms with van der Waals surface area (Å²) in [5.41, 5.74) is 2.80. The number of piperidine rings is 1. The number of hydrogen-bond acceptors (Lipinski definition) is 5. The molecule has 3 rings (SSSR count). The predicted octanol–water partition coefficient (Wildman–Crippen LogP) is 2.71. The number of hydrogen-bond donors (Lipinski definition) is 1. The maximum absolute atomic E-state index is 12.3. The molecular weight excluding hydrogens is 394 g/mol. The Hall–Kier alpha value is -1.67. The molecule has 1 aliphatic heterocycles. The van der Waals surface area contributed by atoms with Gasteiger partial charge in [0.2, 0.25) is 5.91 Å². The number of halogens is 1. The Labute approximate surface area is 152 Å². The average molecular weight is 412 g/mol. The molecule has 0 atom stereocenters. The fourth-order valence-corrected chi connectivity index (χ4v) is 3.65. The number of nitrogens with one attached hydrogen (secondary N) is 1. The molecule has 1 fully saturated rings. The quantitative estimate of drug-likeness (QED) is 0.820. The fourth-order valence-electron chi connectivity index (χ4n) is 2.75. The molecule has 0 bridgehead atoms. The molecule has 8 heteroatoms. The summed E-state index contributed by atoms with van der Waals surface area (Å²) in [4.78, 5) is 30.5. The number of carbonyl (C=O) groups is 2. The Bertz CT molecular complexity index is 693. The standard InChI is InChI=1S/C16H18BrN3O3S/c17-14-2-1-13(23-14)16(22)20-7-4-11(5-8-20)15(21)18-6-3-12-9-24-10-19-12/h1-2,9-11H,3-8H2,(H,18,21). The molecule has 1 saturated heterocycles. The molecule has 1 aliphatic rings. The summed E-state index contributed by atoms with van der Waals surface area (Å²) >= 11 is 4.75. The van der Waals surface area contributed by atoms with Crippen molar-refractivity contribution in [3.63, 3.8) is 0 Å². The van der Waals surface area contributed by atoms with Gasteiger partial charge >= 0.3 is 0 Å². The third-order valence-corrected chi connectivity index (χ3v) is 5.16. The minimum absolute atomic E-state index is 0.0344. The molecule has 0 radical (unpaired) electrons. The number of carbonyl (C=O) groups excluding carboxylic acids is 2. The topological polar surface area (TPSA) is 75.4 Å². The molecule has 2 amide bonds. The average Bonchev–Trinajstić information content (AvgIpc) is 3.26. The highest BCUT2D eigenvalue weighted by atomic mass is 79.9. The van der Waals surface area contributed by atoms with Gasteiger partial charge in [-0.1, -0.05) is 0 Å². The van der Waals surface area contributed by atoms with Crippen molar-refractivity contribution < 1.29 is 14.0 Å². The van der Waals surface area contributed by atoms with E-state index in [1.165, 1.54) is 0 Å². The van der Waals surface area contributed by atoms with Gasteiger partial charge in [0.15, 0.2) is 10.4 Å². The van der Waals surface area contributed by atoms with Crippen molar-refractivity contribution in [2.24, 2.45) is 5.92 Å². The van der Waals surface area contributed by atoms with Crippen LogP contribution in [0.3, 0.4) is 0 Å². The van der Waals surface area contributed by atoms with Crippen LogP contribution in [0.5, 0.6) is 0 Å². The molecule has 128 valence electrons. The van der Waals surface area contributed by atoms with Gasteiger partial charge in [-0.2, -0.15) is 0 Å². The van der Waals surface area contributed by atoms with Crippen molar-refractivity contribution in [2.75, 3.05) is 19.6 Å². The van der Waals surface area contributed by atoms with Crippen molar-refractivity contribution in [1.29, 1.82) is 0 Å². The third kappa shape index (κ3) is 4.24. The first-order valence-electron chi connectivity index (χ1n) is 7.83. The molecule has 0 aromatic carbocycles. The van der Waals surface area contributed by atoms with Crippen LogP contribution in [-0.4, -0.2) is 41.3 Å². The predicted molar refractivity (Wildman–Crippen MR) is 93.9 cm³/mol. The number of likely N-dealkylation sites (tertiary alicyclic amines) is 1. The van der Waals surface area contributed by atoms with Crippen molar-refractivity contribution in [3.8, 4) is 0 Å². The van der Waals surface area contributed by atoms with Crippen LogP contribution in [0.4, 0.5) is 0 Å². The zero-order chi connectivity index (χ0) is 16.9. The second kappa shape index (κ2) is 7.94. The van der Waals surface area contributed by atoms with Crippen LogP contribution in [-0.2, 0) is 11.2 Å². The van der Waals surface area contributed by atoms with E-state index in [4.69, 9.17) is 4.42 Å². The number of thiazole rings is 1. The van der Waals surface area contributed by atoms with Gasteiger partial charge in [-0.05, 0) is 40.9 Å². The van der Waals surface area contributed by atoms with Gasteiger partial charge in [0.25, 0.3) is 5.91 Å². The normalized spacial score (nSPS) is 15.5. The van der Waals surface area contributed by atoms with Gasteiger partial charge in [0.1, 0.15) is 0 Å². The number of rotatable bonds is 5. The second-order valence-corrected chi connectivity index (χ2v) is 7.19. The molecule has 6 nitrogen and oxygen atoms in total. The first-order chi connectivity index (χ1) is 11.6. The number of furan rings is 1. The summed E-state index contributed by atoms with van der Waals surface area (Å²) in [6.45, 7) is 1.74. The van der Waals surface area contributed by atoms with Crippen molar-refractivity contribution in [3.05, 3.63) is 39.1 Å². The monoisotopic (exact) mass is 411 g/mol. The molecule has 0 aliphatic carbocycles. The van der Waals surface area contributed by atoms with Crippen molar-refractivity contribution in [2.45, 2.75) is 19.3 Å². The molecule has 0 saturated carbocycles. The first-order valence-corrected chi connectivity index (χ1v) is 9.56. The molecule has 2 aromatic rings. The summed E-state index contributed by atoms with van der Waals surface area (Å²) in [6, 6.07) is 3.36. The Morgan fingerprint density at radius 2 is 2.17 bits per heavy atom. The lowest BCUT2D eigenvalue weighted by molar-refractivity contribution is -0.126. The summed E-state index contributed by atoms with van der Waals surface area (Å²) in [5, 5.41) is 4.96. The lowest BCUT2D eigenvalue weighted by atomic mass is 9.95. The van der Waals surface area contributed by atoms with Crippen LogP contribution >= 0.6 is 27.3 Å². The van der Waals surface area contributed by atoms with E-state index in [1.807, 2.05) is 5.38 Å². The summed E-state index contributed by atoms with van der Waals surface area (Å²) in [5.74, 6) is 0.238. The summed E-state index contributed by atoms with van der Waals surface area (Å²) in [6.07, 6.45) is 2.10. The van der Waals surface area contributed by atoms with E-state index in [0.29, 0.717) is 42.9 Å². The van der Waals surface area contributed by atoms with E-state index in [1.54, 1.807) is 33.9 Å². The van der Waals surface area contributed by atoms with Crippen LogP contribution in [0.25, 0.3) is 0 Å². The number of amides is 2. The lowest BCUT2D eigenvalue weighted by Crippen LogP contribution is -2.43. The van der Waals surface area contributed by atoms with E-state index in [0.717, 1.165) is 12.1 Å². The van der Waals surface area contributed by atoms with E-state index in [-0.39, 0.29) is 17.7 Å². The van der Waals surface area contributed by atoms with Gasteiger partial charge in [-0.3, -0.25) is 9.59 Å². The lowest BCUT2D eigenvalue weighted by Gasteiger charge is -2.30. The Morgan fingerprint density at radius 3 is 2.79 bits per heavy atom. The molecule has 0 unspecified atom stereocenters. The molecule has 1 N–H and O–H groups in total. The highest BCUT2D eigenvalue weighted by Gasteiger charge is 2.28. The largest absolute Gasteiger partial charge is 0.444 e. The Kier molecular flexibility index (Phi) is 5.68. The molecule has 2 aromatic heterocycles. The molecule has 0 spiro atoms. The maximum Gasteiger partial charge on any atom is 0.289 e. The van der Waals surface area contributed by atoms with Gasteiger partial charge in [0, 0.05) is 37.4 Å². The van der Waals surface area contributed by atoms with Crippen LogP contribution in [0, 0.1) is 5.92 Å². The van der Waals surface area contributed by atoms with Gasteiger partial charge in [-0.25, -0.2) is 4.98 Å². The second-order valence-electron chi connectivity index (χ2n) is 5.69.